The topological polar surface area (TPSA) is 44.7 Å². The molecule has 0 saturated carbocycles. The molecule has 4 heteroatoms. The number of hydrogen-bond donors (Lipinski definition) is 2. The van der Waals surface area contributed by atoms with E-state index >= 15 is 0 Å². The molecule has 1 aromatic rings. The Labute approximate surface area is 108 Å². The van der Waals surface area contributed by atoms with Crippen LogP contribution in [0.5, 0.6) is 5.75 Å². The van der Waals surface area contributed by atoms with E-state index in [-0.39, 0.29) is 6.61 Å². The summed E-state index contributed by atoms with van der Waals surface area (Å²) in [6.45, 7) is 4.55. The molecular weight excluding hydrogens is 228 g/mol. The van der Waals surface area contributed by atoms with Gasteiger partial charge in [-0.25, -0.2) is 0 Å². The van der Waals surface area contributed by atoms with E-state index in [0.717, 1.165) is 43.9 Å². The van der Waals surface area contributed by atoms with Crippen molar-refractivity contribution in [3.05, 3.63) is 23.3 Å². The Kier molecular flexibility index (Phi) is 3.39. The Hall–Kier alpha value is -1.26. The zero-order valence-corrected chi connectivity index (χ0v) is 10.6. The molecule has 2 aliphatic rings. The number of nitrogens with zero attached hydrogens (tertiary/aromatic N) is 1. The van der Waals surface area contributed by atoms with Crippen molar-refractivity contribution >= 4 is 5.69 Å². The molecule has 18 heavy (non-hydrogen) atoms. The van der Waals surface area contributed by atoms with E-state index in [4.69, 9.17) is 9.84 Å². The van der Waals surface area contributed by atoms with Crippen LogP contribution in [-0.2, 0) is 12.8 Å². The number of nitrogens with one attached hydrogen (secondary N) is 1. The molecule has 0 bridgehead atoms. The number of ether oxygens (including phenoxy) is 1. The Morgan fingerprint density at radius 3 is 2.78 bits per heavy atom. The molecule has 3 rings (SSSR count). The average molecular weight is 248 g/mol. The molecule has 0 atom stereocenters. The van der Waals surface area contributed by atoms with E-state index in [0.29, 0.717) is 13.2 Å². The van der Waals surface area contributed by atoms with Gasteiger partial charge in [0.25, 0.3) is 0 Å². The third-order valence-electron chi connectivity index (χ3n) is 3.75. The second kappa shape index (κ2) is 5.16. The summed E-state index contributed by atoms with van der Waals surface area (Å²) in [5, 5.41) is 12.6. The van der Waals surface area contributed by atoms with Crippen LogP contribution in [0.3, 0.4) is 0 Å². The van der Waals surface area contributed by atoms with Gasteiger partial charge in [-0.3, -0.25) is 0 Å². The van der Waals surface area contributed by atoms with Crippen molar-refractivity contribution in [3.8, 4) is 5.75 Å². The fourth-order valence-corrected chi connectivity index (χ4v) is 2.79. The molecule has 0 fully saturated rings. The van der Waals surface area contributed by atoms with Crippen molar-refractivity contribution in [3.63, 3.8) is 0 Å². The lowest BCUT2D eigenvalue weighted by Gasteiger charge is -2.31. The maximum Gasteiger partial charge on any atom is 0.142 e. The highest BCUT2D eigenvalue weighted by Crippen LogP contribution is 2.35. The fourth-order valence-electron chi connectivity index (χ4n) is 2.79. The predicted molar refractivity (Wildman–Crippen MR) is 71.5 cm³/mol. The molecule has 0 unspecified atom stereocenters. The van der Waals surface area contributed by atoms with Crippen molar-refractivity contribution in [2.45, 2.75) is 12.8 Å². The third-order valence-corrected chi connectivity index (χ3v) is 3.75. The minimum absolute atomic E-state index is 0.193. The van der Waals surface area contributed by atoms with Crippen molar-refractivity contribution in [1.29, 1.82) is 0 Å². The lowest BCUT2D eigenvalue weighted by Crippen LogP contribution is -2.35. The maximum absolute atomic E-state index is 9.14. The maximum atomic E-state index is 9.14. The molecule has 0 amide bonds. The van der Waals surface area contributed by atoms with Gasteiger partial charge in [0.15, 0.2) is 0 Å². The van der Waals surface area contributed by atoms with E-state index in [1.807, 2.05) is 0 Å². The molecule has 0 aromatic heterocycles. The lowest BCUT2D eigenvalue weighted by molar-refractivity contribution is 0.278. The third kappa shape index (κ3) is 2.18. The monoisotopic (exact) mass is 248 g/mol. The highest BCUT2D eigenvalue weighted by molar-refractivity contribution is 5.63. The Morgan fingerprint density at radius 1 is 1.22 bits per heavy atom. The van der Waals surface area contributed by atoms with Gasteiger partial charge in [0.1, 0.15) is 12.4 Å². The molecular formula is C14H20N2O2. The number of aliphatic hydroxyl groups excluding tert-OH is 1. The minimum Gasteiger partial charge on any atom is -0.490 e. The largest absolute Gasteiger partial charge is 0.490 e. The minimum atomic E-state index is 0.193. The Morgan fingerprint density at radius 2 is 2.00 bits per heavy atom. The predicted octanol–water partition coefficient (Wildman–Crippen LogP) is 0.566. The highest BCUT2D eigenvalue weighted by atomic mass is 16.5. The average Bonchev–Trinajstić information content (AvgIpc) is 2.62. The van der Waals surface area contributed by atoms with E-state index in [2.05, 4.69) is 22.3 Å². The summed E-state index contributed by atoms with van der Waals surface area (Å²) in [5.74, 6) is 0.982. The van der Waals surface area contributed by atoms with Gasteiger partial charge >= 0.3 is 0 Å². The molecule has 0 saturated heterocycles. The summed E-state index contributed by atoms with van der Waals surface area (Å²) in [6, 6.07) is 4.45. The van der Waals surface area contributed by atoms with Crippen LogP contribution in [0.1, 0.15) is 11.1 Å². The van der Waals surface area contributed by atoms with Gasteiger partial charge < -0.3 is 20.1 Å². The molecule has 4 nitrogen and oxygen atoms in total. The zero-order chi connectivity index (χ0) is 12.4. The SMILES string of the molecule is OCCN1CCOc2cc3c(cc21)CCNCC3. The van der Waals surface area contributed by atoms with E-state index in [1.165, 1.54) is 11.1 Å². The van der Waals surface area contributed by atoms with Crippen LogP contribution in [0.15, 0.2) is 12.1 Å². The van der Waals surface area contributed by atoms with Crippen molar-refractivity contribution in [2.75, 3.05) is 44.3 Å². The van der Waals surface area contributed by atoms with Gasteiger partial charge in [-0.15, -0.1) is 0 Å². The molecule has 0 spiro atoms. The number of anilines is 1. The first-order valence-electron chi connectivity index (χ1n) is 6.73. The van der Waals surface area contributed by atoms with Gasteiger partial charge in [-0.2, -0.15) is 0 Å². The summed E-state index contributed by atoms with van der Waals surface area (Å²) < 4.78 is 5.76. The summed E-state index contributed by atoms with van der Waals surface area (Å²) >= 11 is 0. The second-order valence-corrected chi connectivity index (χ2v) is 4.90. The molecule has 2 aliphatic heterocycles. The van der Waals surface area contributed by atoms with Gasteiger partial charge in [0.2, 0.25) is 0 Å². The van der Waals surface area contributed by atoms with Crippen molar-refractivity contribution < 1.29 is 9.84 Å². The standard InChI is InChI=1S/C14H20N2O2/c17-7-5-16-6-8-18-14-10-12-2-4-15-3-1-11(12)9-13(14)16/h9-10,15,17H,1-8H2. The van der Waals surface area contributed by atoms with Gasteiger partial charge in [0.05, 0.1) is 18.8 Å². The Bertz CT molecular complexity index is 434. The van der Waals surface area contributed by atoms with Crippen LogP contribution in [0.25, 0.3) is 0 Å². The first kappa shape index (κ1) is 11.8. The van der Waals surface area contributed by atoms with Crippen LogP contribution in [-0.4, -0.2) is 44.5 Å². The van der Waals surface area contributed by atoms with Crippen LogP contribution in [0, 0.1) is 0 Å². The Balaban J connectivity index is 1.97. The summed E-state index contributed by atoms with van der Waals surface area (Å²) in [5.41, 5.74) is 3.98. The van der Waals surface area contributed by atoms with Crippen LogP contribution >= 0.6 is 0 Å². The molecule has 98 valence electrons. The van der Waals surface area contributed by atoms with Gasteiger partial charge in [-0.05, 0) is 49.2 Å². The number of fused-ring (bicyclic) bond motifs is 2. The number of rotatable bonds is 2. The quantitative estimate of drug-likeness (QED) is 0.803. The molecule has 0 aliphatic carbocycles. The number of benzene rings is 1. The van der Waals surface area contributed by atoms with Crippen molar-refractivity contribution in [2.24, 2.45) is 0 Å². The first-order chi connectivity index (χ1) is 8.88. The summed E-state index contributed by atoms with van der Waals surface area (Å²) in [6.07, 6.45) is 2.15. The molecule has 0 radical (unpaired) electrons. The fraction of sp³-hybridized carbons (Fsp3) is 0.571. The van der Waals surface area contributed by atoms with E-state index in [1.54, 1.807) is 0 Å². The molecule has 2 N–H and O–H groups in total. The van der Waals surface area contributed by atoms with E-state index in [9.17, 15) is 0 Å². The lowest BCUT2D eigenvalue weighted by atomic mass is 10.0. The van der Waals surface area contributed by atoms with Gasteiger partial charge in [-0.1, -0.05) is 0 Å². The van der Waals surface area contributed by atoms with Gasteiger partial charge in [0, 0.05) is 6.54 Å². The second-order valence-electron chi connectivity index (χ2n) is 4.90. The smallest absolute Gasteiger partial charge is 0.142 e. The number of hydrogen-bond acceptors (Lipinski definition) is 4. The molecule has 2 heterocycles. The zero-order valence-electron chi connectivity index (χ0n) is 10.6. The normalized spacial score (nSPS) is 18.6. The van der Waals surface area contributed by atoms with Crippen LogP contribution < -0.4 is 15.0 Å². The van der Waals surface area contributed by atoms with Crippen molar-refractivity contribution in [1.82, 2.24) is 5.32 Å². The van der Waals surface area contributed by atoms with Crippen LogP contribution in [0.4, 0.5) is 5.69 Å². The summed E-state index contributed by atoms with van der Waals surface area (Å²) in [7, 11) is 0. The number of β-amino-alcohol motifs (C(OH)–C–C–N with tert-alkyl or cyclic N) is 1. The summed E-state index contributed by atoms with van der Waals surface area (Å²) in [4.78, 5) is 2.22. The highest BCUT2D eigenvalue weighted by Gasteiger charge is 2.20. The first-order valence-corrected chi connectivity index (χ1v) is 6.73. The van der Waals surface area contributed by atoms with E-state index < -0.39 is 0 Å². The molecule has 1 aromatic carbocycles. The number of aliphatic hydroxyl groups is 1. The van der Waals surface area contributed by atoms with Crippen LogP contribution in [0.2, 0.25) is 0 Å².